The molecule has 0 unspecified atom stereocenters. The van der Waals surface area contributed by atoms with E-state index in [1.54, 1.807) is 0 Å². The smallest absolute Gasteiger partial charge is 0.0492 e. The molecule has 2 rings (SSSR count). The van der Waals surface area contributed by atoms with E-state index in [0.717, 1.165) is 12.5 Å². The van der Waals surface area contributed by atoms with Gasteiger partial charge in [-0.1, -0.05) is 20.8 Å². The van der Waals surface area contributed by atoms with Crippen LogP contribution in [0.1, 0.15) is 32.9 Å². The fourth-order valence-corrected chi connectivity index (χ4v) is 2.11. The van der Waals surface area contributed by atoms with Crippen LogP contribution in [0.2, 0.25) is 0 Å². The minimum atomic E-state index is 0.440. The predicted molar refractivity (Wildman–Crippen MR) is 53.5 cm³/mol. The van der Waals surface area contributed by atoms with Crippen molar-refractivity contribution in [3.63, 3.8) is 0 Å². The Balaban J connectivity index is 2.18. The molecule has 2 heterocycles. The van der Waals surface area contributed by atoms with Crippen molar-refractivity contribution in [2.24, 2.45) is 11.3 Å². The first kappa shape index (κ1) is 8.79. The Morgan fingerprint density at radius 2 is 2.23 bits per heavy atom. The van der Waals surface area contributed by atoms with Crippen molar-refractivity contribution >= 4 is 0 Å². The highest BCUT2D eigenvalue weighted by Crippen LogP contribution is 2.34. The average Bonchev–Trinajstić information content (AvgIpc) is 2.47. The number of rotatable bonds is 0. The zero-order valence-corrected chi connectivity index (χ0v) is 8.75. The zero-order valence-electron chi connectivity index (χ0n) is 8.75. The minimum Gasteiger partial charge on any atom is -0.270 e. The fourth-order valence-electron chi connectivity index (χ4n) is 2.11. The Morgan fingerprint density at radius 1 is 1.46 bits per heavy atom. The van der Waals surface area contributed by atoms with Gasteiger partial charge in [-0.25, -0.2) is 0 Å². The molecule has 0 amide bonds. The second-order valence-electron chi connectivity index (χ2n) is 5.10. The molecule has 1 aliphatic heterocycles. The first-order valence-corrected chi connectivity index (χ1v) is 5.08. The SMILES string of the molecule is CC(C)(C)[C@H]1CCn2nccc2C1. The number of nitrogens with zero attached hydrogens (tertiary/aromatic N) is 2. The van der Waals surface area contributed by atoms with Gasteiger partial charge >= 0.3 is 0 Å². The Bertz CT molecular complexity index is 293. The summed E-state index contributed by atoms with van der Waals surface area (Å²) >= 11 is 0. The summed E-state index contributed by atoms with van der Waals surface area (Å²) in [6, 6.07) is 2.15. The van der Waals surface area contributed by atoms with Gasteiger partial charge in [-0.2, -0.15) is 5.10 Å². The number of fused-ring (bicyclic) bond motifs is 1. The van der Waals surface area contributed by atoms with Gasteiger partial charge in [-0.3, -0.25) is 4.68 Å². The lowest BCUT2D eigenvalue weighted by molar-refractivity contribution is 0.191. The lowest BCUT2D eigenvalue weighted by atomic mass is 9.75. The van der Waals surface area contributed by atoms with Crippen molar-refractivity contribution in [3.05, 3.63) is 18.0 Å². The summed E-state index contributed by atoms with van der Waals surface area (Å²) in [5, 5.41) is 4.29. The third-order valence-corrected chi connectivity index (χ3v) is 3.17. The fraction of sp³-hybridized carbons (Fsp3) is 0.727. The molecule has 0 spiro atoms. The van der Waals surface area contributed by atoms with E-state index in [2.05, 4.69) is 36.6 Å². The highest BCUT2D eigenvalue weighted by atomic mass is 15.3. The van der Waals surface area contributed by atoms with Gasteiger partial charge < -0.3 is 0 Å². The molecule has 2 heteroatoms. The summed E-state index contributed by atoms with van der Waals surface area (Å²) in [6.07, 6.45) is 4.39. The standard InChI is InChI=1S/C11H18N2/c1-11(2,3)9-5-7-13-10(8-9)4-6-12-13/h4,6,9H,5,7-8H2,1-3H3/t9-/m0/s1. The molecule has 1 atom stereocenters. The molecule has 1 aromatic rings. The van der Waals surface area contributed by atoms with Gasteiger partial charge in [-0.05, 0) is 30.2 Å². The molecule has 1 aliphatic rings. The Kier molecular flexibility index (Phi) is 1.94. The number of aromatic nitrogens is 2. The Labute approximate surface area is 80.0 Å². The van der Waals surface area contributed by atoms with Crippen LogP contribution in [0.3, 0.4) is 0 Å². The van der Waals surface area contributed by atoms with Gasteiger partial charge in [0.1, 0.15) is 0 Å². The summed E-state index contributed by atoms with van der Waals surface area (Å²) in [7, 11) is 0. The number of hydrogen-bond acceptors (Lipinski definition) is 1. The molecular weight excluding hydrogens is 160 g/mol. The summed E-state index contributed by atoms with van der Waals surface area (Å²) in [5.41, 5.74) is 1.85. The third kappa shape index (κ3) is 1.62. The zero-order chi connectivity index (χ0) is 9.47. The first-order chi connectivity index (χ1) is 6.07. The number of aryl methyl sites for hydroxylation is 1. The third-order valence-electron chi connectivity index (χ3n) is 3.17. The van der Waals surface area contributed by atoms with Crippen LogP contribution in [-0.2, 0) is 13.0 Å². The molecule has 0 aliphatic carbocycles. The molecule has 0 saturated carbocycles. The van der Waals surface area contributed by atoms with Crippen molar-refractivity contribution < 1.29 is 0 Å². The summed E-state index contributed by atoms with van der Waals surface area (Å²) in [5.74, 6) is 0.816. The second-order valence-corrected chi connectivity index (χ2v) is 5.10. The van der Waals surface area contributed by atoms with Gasteiger partial charge in [-0.15, -0.1) is 0 Å². The Hall–Kier alpha value is -0.790. The molecule has 0 fully saturated rings. The van der Waals surface area contributed by atoms with Crippen LogP contribution in [0.5, 0.6) is 0 Å². The van der Waals surface area contributed by atoms with E-state index in [-0.39, 0.29) is 0 Å². The average molecular weight is 178 g/mol. The van der Waals surface area contributed by atoms with Crippen molar-refractivity contribution in [1.82, 2.24) is 9.78 Å². The van der Waals surface area contributed by atoms with E-state index in [4.69, 9.17) is 0 Å². The molecule has 1 aromatic heterocycles. The van der Waals surface area contributed by atoms with E-state index < -0.39 is 0 Å². The van der Waals surface area contributed by atoms with Crippen LogP contribution >= 0.6 is 0 Å². The predicted octanol–water partition coefficient (Wildman–Crippen LogP) is 2.49. The van der Waals surface area contributed by atoms with E-state index in [1.807, 2.05) is 6.20 Å². The lowest BCUT2D eigenvalue weighted by Gasteiger charge is -2.34. The van der Waals surface area contributed by atoms with E-state index in [9.17, 15) is 0 Å². The van der Waals surface area contributed by atoms with Crippen LogP contribution in [0.4, 0.5) is 0 Å². The monoisotopic (exact) mass is 178 g/mol. The van der Waals surface area contributed by atoms with Crippen molar-refractivity contribution in [3.8, 4) is 0 Å². The normalized spacial score (nSPS) is 22.8. The molecule has 2 nitrogen and oxygen atoms in total. The second kappa shape index (κ2) is 2.86. The first-order valence-electron chi connectivity index (χ1n) is 5.08. The number of hydrogen-bond donors (Lipinski definition) is 0. The topological polar surface area (TPSA) is 17.8 Å². The van der Waals surface area contributed by atoms with E-state index in [1.165, 1.54) is 18.5 Å². The van der Waals surface area contributed by atoms with Crippen molar-refractivity contribution in [1.29, 1.82) is 0 Å². The highest BCUT2D eigenvalue weighted by Gasteiger charge is 2.28. The van der Waals surface area contributed by atoms with Crippen molar-refractivity contribution in [2.75, 3.05) is 0 Å². The molecular formula is C11H18N2. The van der Waals surface area contributed by atoms with Gasteiger partial charge in [0.05, 0.1) is 0 Å². The molecule has 0 bridgehead atoms. The van der Waals surface area contributed by atoms with Crippen LogP contribution in [0, 0.1) is 11.3 Å². The van der Waals surface area contributed by atoms with Crippen LogP contribution in [-0.4, -0.2) is 9.78 Å². The molecule has 13 heavy (non-hydrogen) atoms. The summed E-state index contributed by atoms with van der Waals surface area (Å²) in [6.45, 7) is 8.11. The maximum atomic E-state index is 4.29. The largest absolute Gasteiger partial charge is 0.270 e. The van der Waals surface area contributed by atoms with Crippen molar-refractivity contribution in [2.45, 2.75) is 40.2 Å². The highest BCUT2D eigenvalue weighted by molar-refractivity contribution is 5.05. The van der Waals surface area contributed by atoms with Gasteiger partial charge in [0.2, 0.25) is 0 Å². The summed E-state index contributed by atoms with van der Waals surface area (Å²) in [4.78, 5) is 0. The maximum Gasteiger partial charge on any atom is 0.0492 e. The molecule has 0 radical (unpaired) electrons. The Morgan fingerprint density at radius 3 is 2.92 bits per heavy atom. The van der Waals surface area contributed by atoms with Crippen LogP contribution < -0.4 is 0 Å². The van der Waals surface area contributed by atoms with Gasteiger partial charge in [0.15, 0.2) is 0 Å². The molecule has 0 N–H and O–H groups in total. The molecule has 72 valence electrons. The minimum absolute atomic E-state index is 0.440. The van der Waals surface area contributed by atoms with Crippen LogP contribution in [0.25, 0.3) is 0 Å². The lowest BCUT2D eigenvalue weighted by Crippen LogP contribution is -2.29. The van der Waals surface area contributed by atoms with E-state index >= 15 is 0 Å². The van der Waals surface area contributed by atoms with Gasteiger partial charge in [0.25, 0.3) is 0 Å². The van der Waals surface area contributed by atoms with Crippen LogP contribution in [0.15, 0.2) is 12.3 Å². The molecule has 0 aromatic carbocycles. The maximum absolute atomic E-state index is 4.29. The van der Waals surface area contributed by atoms with E-state index in [0.29, 0.717) is 5.41 Å². The summed E-state index contributed by atoms with van der Waals surface area (Å²) < 4.78 is 2.14. The quantitative estimate of drug-likeness (QED) is 0.597. The van der Waals surface area contributed by atoms with Gasteiger partial charge in [0, 0.05) is 18.4 Å². The molecule has 0 saturated heterocycles.